The number of aliphatic hydroxyl groups is 2. The summed E-state index contributed by atoms with van der Waals surface area (Å²) in [5.41, 5.74) is 5.39. The Morgan fingerprint density at radius 3 is 2.43 bits per heavy atom. The van der Waals surface area contributed by atoms with Gasteiger partial charge in [-0.2, -0.15) is 0 Å². The van der Waals surface area contributed by atoms with E-state index < -0.39 is 17.4 Å². The van der Waals surface area contributed by atoms with Crippen LogP contribution in [0.1, 0.15) is 39.5 Å². The van der Waals surface area contributed by atoms with Crippen LogP contribution in [0.5, 0.6) is 5.75 Å². The van der Waals surface area contributed by atoms with Gasteiger partial charge in [0.1, 0.15) is 11.9 Å². The van der Waals surface area contributed by atoms with Crippen molar-refractivity contribution in [2.24, 2.45) is 5.41 Å². The molecule has 0 heterocycles. The molecule has 8 heteroatoms. The number of carbonyl (C=O) groups is 2. The molecular weight excluding hydrogens is 362 g/mol. The lowest BCUT2D eigenvalue weighted by Gasteiger charge is -2.27. The van der Waals surface area contributed by atoms with Crippen LogP contribution in [0.2, 0.25) is 0 Å². The molecule has 0 aliphatic heterocycles. The molecule has 6 N–H and O–H groups in total. The number of anilines is 1. The fourth-order valence-corrected chi connectivity index (χ4v) is 2.31. The van der Waals surface area contributed by atoms with Gasteiger partial charge in [-0.05, 0) is 43.5 Å². The normalized spacial score (nSPS) is 12.3. The van der Waals surface area contributed by atoms with Gasteiger partial charge in [0.2, 0.25) is 11.8 Å². The number of unbranched alkanes of at least 4 members (excludes halogenated alkanes) is 2. The maximum absolute atomic E-state index is 11.8. The summed E-state index contributed by atoms with van der Waals surface area (Å²) in [6.45, 7) is 4.17. The summed E-state index contributed by atoms with van der Waals surface area (Å²) in [6.07, 6.45) is 1.46. The number of aliphatic hydroxyl groups excluding tert-OH is 2. The molecule has 0 saturated carbocycles. The SMILES string of the molecule is CC(C)(CO)C(O)C(=O)NCCC(=O)NCCCCCOc1ccc(N)cc1. The molecule has 1 aromatic rings. The van der Waals surface area contributed by atoms with Crippen LogP contribution in [0.15, 0.2) is 24.3 Å². The van der Waals surface area contributed by atoms with Crippen LogP contribution in [0.25, 0.3) is 0 Å². The monoisotopic (exact) mass is 395 g/mol. The Morgan fingerprint density at radius 2 is 1.79 bits per heavy atom. The average Bonchev–Trinajstić information content (AvgIpc) is 2.67. The highest BCUT2D eigenvalue weighted by atomic mass is 16.5. The second-order valence-electron chi connectivity index (χ2n) is 7.42. The minimum atomic E-state index is -1.32. The lowest BCUT2D eigenvalue weighted by molar-refractivity contribution is -0.137. The van der Waals surface area contributed by atoms with Crippen molar-refractivity contribution < 1.29 is 24.5 Å². The van der Waals surface area contributed by atoms with E-state index >= 15 is 0 Å². The number of amides is 2. The first-order valence-corrected chi connectivity index (χ1v) is 9.58. The highest BCUT2D eigenvalue weighted by molar-refractivity contribution is 5.82. The lowest BCUT2D eigenvalue weighted by atomic mass is 9.87. The predicted octanol–water partition coefficient (Wildman–Crippen LogP) is 0.820. The largest absolute Gasteiger partial charge is 0.494 e. The van der Waals surface area contributed by atoms with Gasteiger partial charge >= 0.3 is 0 Å². The zero-order valence-electron chi connectivity index (χ0n) is 16.7. The number of hydrogen-bond donors (Lipinski definition) is 5. The fraction of sp³-hybridized carbons (Fsp3) is 0.600. The van der Waals surface area contributed by atoms with E-state index in [0.29, 0.717) is 18.8 Å². The van der Waals surface area contributed by atoms with E-state index in [0.717, 1.165) is 25.0 Å². The van der Waals surface area contributed by atoms with E-state index in [9.17, 15) is 14.7 Å². The predicted molar refractivity (Wildman–Crippen MR) is 108 cm³/mol. The maximum Gasteiger partial charge on any atom is 0.249 e. The standard InChI is InChI=1S/C20H33N3O5/c1-20(2,14-24)18(26)19(27)23-12-10-17(25)22-11-4-3-5-13-28-16-8-6-15(21)7-9-16/h6-9,18,24,26H,3-5,10-14,21H2,1-2H3,(H,22,25)(H,23,27). The molecule has 2 amide bonds. The molecule has 1 unspecified atom stereocenters. The molecule has 0 radical (unpaired) electrons. The van der Waals surface area contributed by atoms with Gasteiger partial charge in [-0.1, -0.05) is 13.8 Å². The first-order valence-electron chi connectivity index (χ1n) is 9.58. The number of nitrogens with two attached hydrogens (primary N) is 1. The Labute approximate surface area is 166 Å². The van der Waals surface area contributed by atoms with E-state index in [-0.39, 0.29) is 25.5 Å². The van der Waals surface area contributed by atoms with E-state index in [2.05, 4.69) is 10.6 Å². The summed E-state index contributed by atoms with van der Waals surface area (Å²) in [5.74, 6) is 0.0410. The molecule has 0 aliphatic rings. The highest BCUT2D eigenvalue weighted by Gasteiger charge is 2.32. The summed E-state index contributed by atoms with van der Waals surface area (Å²) in [5, 5.41) is 24.3. The first-order chi connectivity index (χ1) is 13.3. The fourth-order valence-electron chi connectivity index (χ4n) is 2.31. The Bertz CT molecular complexity index is 604. The second kappa shape index (κ2) is 12.2. The number of ether oxygens (including phenoxy) is 1. The molecule has 8 nitrogen and oxygen atoms in total. The molecule has 1 atom stereocenters. The third-order valence-electron chi connectivity index (χ3n) is 4.34. The van der Waals surface area contributed by atoms with E-state index in [4.69, 9.17) is 15.6 Å². The van der Waals surface area contributed by atoms with Crippen molar-refractivity contribution in [3.63, 3.8) is 0 Å². The van der Waals surface area contributed by atoms with Gasteiger partial charge in [0, 0.05) is 30.6 Å². The summed E-state index contributed by atoms with van der Waals surface area (Å²) >= 11 is 0. The van der Waals surface area contributed by atoms with E-state index in [1.165, 1.54) is 0 Å². The molecule has 1 rings (SSSR count). The number of nitrogens with one attached hydrogen (secondary N) is 2. The Hall–Kier alpha value is -2.32. The van der Waals surface area contributed by atoms with Crippen molar-refractivity contribution in [3.05, 3.63) is 24.3 Å². The van der Waals surface area contributed by atoms with Crippen molar-refractivity contribution in [2.45, 2.75) is 45.6 Å². The number of nitrogen functional groups attached to an aromatic ring is 1. The van der Waals surface area contributed by atoms with Gasteiger partial charge in [0.25, 0.3) is 0 Å². The molecule has 158 valence electrons. The molecule has 0 aromatic heterocycles. The zero-order valence-corrected chi connectivity index (χ0v) is 16.7. The van der Waals surface area contributed by atoms with Gasteiger partial charge in [-0.15, -0.1) is 0 Å². The van der Waals surface area contributed by atoms with Crippen LogP contribution in [0.3, 0.4) is 0 Å². The molecule has 0 aliphatic carbocycles. The van der Waals surface area contributed by atoms with Gasteiger partial charge in [0.05, 0.1) is 13.2 Å². The second-order valence-corrected chi connectivity index (χ2v) is 7.42. The molecule has 0 fully saturated rings. The Kier molecular flexibility index (Phi) is 10.3. The molecule has 0 bridgehead atoms. The summed E-state index contributed by atoms with van der Waals surface area (Å²) in [4.78, 5) is 23.5. The summed E-state index contributed by atoms with van der Waals surface area (Å²) < 4.78 is 5.60. The summed E-state index contributed by atoms with van der Waals surface area (Å²) in [6, 6.07) is 7.25. The maximum atomic E-state index is 11.8. The van der Waals surface area contributed by atoms with E-state index in [1.807, 2.05) is 12.1 Å². The number of hydrogen-bond acceptors (Lipinski definition) is 6. The number of benzene rings is 1. The van der Waals surface area contributed by atoms with E-state index in [1.54, 1.807) is 26.0 Å². The topological polar surface area (TPSA) is 134 Å². The van der Waals surface area contributed by atoms with Crippen LogP contribution in [0, 0.1) is 5.41 Å². The highest BCUT2D eigenvalue weighted by Crippen LogP contribution is 2.19. The zero-order chi connectivity index (χ0) is 21.0. The molecule has 0 saturated heterocycles. The number of rotatable bonds is 13. The smallest absolute Gasteiger partial charge is 0.249 e. The van der Waals surface area contributed by atoms with Crippen molar-refractivity contribution >= 4 is 17.5 Å². The van der Waals surface area contributed by atoms with Gasteiger partial charge in [-0.25, -0.2) is 0 Å². The van der Waals surface area contributed by atoms with Crippen LogP contribution in [-0.4, -0.2) is 54.4 Å². The van der Waals surface area contributed by atoms with Gasteiger partial charge < -0.3 is 31.3 Å². The minimum Gasteiger partial charge on any atom is -0.494 e. The van der Waals surface area contributed by atoms with Crippen molar-refractivity contribution in [2.75, 3.05) is 32.0 Å². The van der Waals surface area contributed by atoms with Crippen LogP contribution >= 0.6 is 0 Å². The Morgan fingerprint density at radius 1 is 1.11 bits per heavy atom. The van der Waals surface area contributed by atoms with Crippen molar-refractivity contribution in [3.8, 4) is 5.75 Å². The molecule has 0 spiro atoms. The van der Waals surface area contributed by atoms with Gasteiger partial charge in [0.15, 0.2) is 0 Å². The van der Waals surface area contributed by atoms with Crippen LogP contribution in [0.4, 0.5) is 5.69 Å². The van der Waals surface area contributed by atoms with Crippen molar-refractivity contribution in [1.29, 1.82) is 0 Å². The van der Waals surface area contributed by atoms with Crippen LogP contribution < -0.4 is 21.1 Å². The first kappa shape index (κ1) is 23.7. The summed E-state index contributed by atoms with van der Waals surface area (Å²) in [7, 11) is 0. The minimum absolute atomic E-state index is 0.137. The molecular formula is C20H33N3O5. The third kappa shape index (κ3) is 9.05. The molecule has 28 heavy (non-hydrogen) atoms. The van der Waals surface area contributed by atoms with Crippen molar-refractivity contribution in [1.82, 2.24) is 10.6 Å². The lowest BCUT2D eigenvalue weighted by Crippen LogP contribution is -2.46. The quantitative estimate of drug-likeness (QED) is 0.248. The van der Waals surface area contributed by atoms with Crippen LogP contribution in [-0.2, 0) is 9.59 Å². The Balaban J connectivity index is 2.03. The third-order valence-corrected chi connectivity index (χ3v) is 4.34. The van der Waals surface area contributed by atoms with Gasteiger partial charge in [-0.3, -0.25) is 9.59 Å². The number of carbonyl (C=O) groups excluding carboxylic acids is 2. The average molecular weight is 396 g/mol. The molecule has 1 aromatic carbocycles.